The van der Waals surface area contributed by atoms with E-state index in [1.165, 1.54) is 0 Å². The van der Waals surface area contributed by atoms with Gasteiger partial charge in [-0.3, -0.25) is 0 Å². The van der Waals surface area contributed by atoms with Crippen molar-refractivity contribution < 1.29 is 4.52 Å². The lowest BCUT2D eigenvalue weighted by atomic mass is 10.1. The average molecular weight is 169 g/mol. The molecular formula is C8H15N3O. The van der Waals surface area contributed by atoms with Gasteiger partial charge in [-0.1, -0.05) is 25.9 Å². The van der Waals surface area contributed by atoms with Crippen LogP contribution in [-0.2, 0) is 6.42 Å². The molecular weight excluding hydrogens is 154 g/mol. The molecule has 0 saturated carbocycles. The molecule has 0 saturated heterocycles. The zero-order valence-corrected chi connectivity index (χ0v) is 7.74. The fourth-order valence-electron chi connectivity index (χ4n) is 0.832. The van der Waals surface area contributed by atoms with Gasteiger partial charge in [-0.05, 0) is 5.92 Å². The summed E-state index contributed by atoms with van der Waals surface area (Å²) in [5.74, 6) is 1.60. The molecule has 1 atom stereocenters. The number of nitrogens with two attached hydrogens (primary N) is 1. The molecule has 4 nitrogen and oxygen atoms in total. The third kappa shape index (κ3) is 1.82. The van der Waals surface area contributed by atoms with E-state index in [2.05, 4.69) is 10.1 Å². The van der Waals surface area contributed by atoms with Crippen molar-refractivity contribution in [2.45, 2.75) is 33.2 Å². The summed E-state index contributed by atoms with van der Waals surface area (Å²) in [6.45, 7) is 6.04. The van der Waals surface area contributed by atoms with E-state index in [-0.39, 0.29) is 6.04 Å². The van der Waals surface area contributed by atoms with E-state index in [1.807, 2.05) is 20.8 Å². The normalized spacial score (nSPS) is 13.8. The van der Waals surface area contributed by atoms with Gasteiger partial charge in [0.15, 0.2) is 5.82 Å². The Kier molecular flexibility index (Phi) is 2.81. The van der Waals surface area contributed by atoms with Crippen molar-refractivity contribution in [2.24, 2.45) is 11.7 Å². The summed E-state index contributed by atoms with van der Waals surface area (Å²) >= 11 is 0. The summed E-state index contributed by atoms with van der Waals surface area (Å²) in [7, 11) is 0. The standard InChI is InChI=1S/C8H15N3O/c1-4-6-10-8(12-11-6)7(9)5(2)3/h5,7H,4,9H2,1-3H3/t7-/m0/s1. The quantitative estimate of drug-likeness (QED) is 0.740. The number of hydrogen-bond donors (Lipinski definition) is 1. The summed E-state index contributed by atoms with van der Waals surface area (Å²) < 4.78 is 4.99. The molecule has 68 valence electrons. The topological polar surface area (TPSA) is 64.9 Å². The van der Waals surface area contributed by atoms with Gasteiger partial charge in [0.2, 0.25) is 5.89 Å². The van der Waals surface area contributed by atoms with E-state index in [4.69, 9.17) is 10.3 Å². The van der Waals surface area contributed by atoms with Crippen molar-refractivity contribution in [3.8, 4) is 0 Å². The van der Waals surface area contributed by atoms with Crippen LogP contribution in [0.2, 0.25) is 0 Å². The molecule has 0 aromatic carbocycles. The van der Waals surface area contributed by atoms with Crippen LogP contribution in [0.15, 0.2) is 4.52 Å². The molecule has 0 bridgehead atoms. The van der Waals surface area contributed by atoms with Gasteiger partial charge in [0.05, 0.1) is 6.04 Å². The van der Waals surface area contributed by atoms with Crippen molar-refractivity contribution in [3.05, 3.63) is 11.7 Å². The number of hydrogen-bond acceptors (Lipinski definition) is 4. The first-order chi connectivity index (χ1) is 5.65. The summed E-state index contributed by atoms with van der Waals surface area (Å²) in [6, 6.07) is -0.141. The lowest BCUT2D eigenvalue weighted by Gasteiger charge is -2.08. The monoisotopic (exact) mass is 169 g/mol. The van der Waals surface area contributed by atoms with Crippen LogP contribution in [-0.4, -0.2) is 10.1 Å². The summed E-state index contributed by atoms with van der Waals surface area (Å²) in [5, 5.41) is 3.77. The van der Waals surface area contributed by atoms with E-state index in [1.54, 1.807) is 0 Å². The second-order valence-electron chi connectivity index (χ2n) is 3.17. The molecule has 0 spiro atoms. The van der Waals surface area contributed by atoms with Crippen LogP contribution in [0, 0.1) is 5.92 Å². The largest absolute Gasteiger partial charge is 0.338 e. The van der Waals surface area contributed by atoms with Crippen LogP contribution in [0.5, 0.6) is 0 Å². The number of nitrogens with zero attached hydrogens (tertiary/aromatic N) is 2. The third-order valence-electron chi connectivity index (χ3n) is 1.80. The highest BCUT2D eigenvalue weighted by Gasteiger charge is 2.16. The summed E-state index contributed by atoms with van der Waals surface area (Å²) in [6.07, 6.45) is 0.786. The SMILES string of the molecule is CCc1noc([C@@H](N)C(C)C)n1. The van der Waals surface area contributed by atoms with Crippen molar-refractivity contribution in [1.82, 2.24) is 10.1 Å². The van der Waals surface area contributed by atoms with Gasteiger partial charge < -0.3 is 10.3 Å². The Hall–Kier alpha value is -0.900. The number of aryl methyl sites for hydroxylation is 1. The first-order valence-electron chi connectivity index (χ1n) is 4.23. The fraction of sp³-hybridized carbons (Fsp3) is 0.750. The number of aromatic nitrogens is 2. The Balaban J connectivity index is 2.74. The molecule has 1 aromatic rings. The van der Waals surface area contributed by atoms with Gasteiger partial charge in [0.1, 0.15) is 0 Å². The molecule has 1 rings (SSSR count). The smallest absolute Gasteiger partial charge is 0.243 e. The predicted molar refractivity (Wildman–Crippen MR) is 45.4 cm³/mol. The maximum Gasteiger partial charge on any atom is 0.243 e. The highest BCUT2D eigenvalue weighted by molar-refractivity contribution is 4.92. The molecule has 0 radical (unpaired) electrons. The lowest BCUT2D eigenvalue weighted by molar-refractivity contribution is 0.322. The molecule has 12 heavy (non-hydrogen) atoms. The third-order valence-corrected chi connectivity index (χ3v) is 1.80. The van der Waals surface area contributed by atoms with E-state index < -0.39 is 0 Å². The molecule has 1 aromatic heterocycles. The van der Waals surface area contributed by atoms with Crippen molar-refractivity contribution in [3.63, 3.8) is 0 Å². The first-order valence-corrected chi connectivity index (χ1v) is 4.23. The second kappa shape index (κ2) is 3.67. The average Bonchev–Trinajstić information content (AvgIpc) is 2.50. The maximum atomic E-state index is 5.81. The van der Waals surface area contributed by atoms with Gasteiger partial charge in [-0.15, -0.1) is 0 Å². The van der Waals surface area contributed by atoms with E-state index in [0.29, 0.717) is 11.8 Å². The molecule has 1 heterocycles. The molecule has 0 amide bonds. The Bertz CT molecular complexity index is 244. The van der Waals surface area contributed by atoms with Gasteiger partial charge in [-0.25, -0.2) is 0 Å². The van der Waals surface area contributed by atoms with E-state index in [0.717, 1.165) is 12.2 Å². The van der Waals surface area contributed by atoms with Gasteiger partial charge >= 0.3 is 0 Å². The molecule has 0 aliphatic carbocycles. The molecule has 0 unspecified atom stereocenters. The predicted octanol–water partition coefficient (Wildman–Crippen LogP) is 1.29. The first kappa shape index (κ1) is 9.19. The van der Waals surface area contributed by atoms with Gasteiger partial charge in [0.25, 0.3) is 0 Å². The molecule has 2 N–H and O–H groups in total. The maximum absolute atomic E-state index is 5.81. The summed E-state index contributed by atoms with van der Waals surface area (Å²) in [4.78, 5) is 4.15. The van der Waals surface area contributed by atoms with E-state index in [9.17, 15) is 0 Å². The van der Waals surface area contributed by atoms with Crippen molar-refractivity contribution in [2.75, 3.05) is 0 Å². The lowest BCUT2D eigenvalue weighted by Crippen LogP contribution is -2.17. The Morgan fingerprint density at radius 3 is 2.58 bits per heavy atom. The number of rotatable bonds is 3. The van der Waals surface area contributed by atoms with Crippen LogP contribution >= 0.6 is 0 Å². The summed E-state index contributed by atoms with van der Waals surface area (Å²) in [5.41, 5.74) is 5.81. The minimum absolute atomic E-state index is 0.141. The molecule has 0 fully saturated rings. The van der Waals surface area contributed by atoms with Crippen LogP contribution < -0.4 is 5.73 Å². The fourth-order valence-corrected chi connectivity index (χ4v) is 0.832. The zero-order chi connectivity index (χ0) is 9.14. The minimum Gasteiger partial charge on any atom is -0.338 e. The Morgan fingerprint density at radius 2 is 2.17 bits per heavy atom. The van der Waals surface area contributed by atoms with Gasteiger partial charge in [0, 0.05) is 6.42 Å². The minimum atomic E-state index is -0.141. The highest BCUT2D eigenvalue weighted by atomic mass is 16.5. The molecule has 0 aliphatic heterocycles. The molecule has 4 heteroatoms. The highest BCUT2D eigenvalue weighted by Crippen LogP contribution is 2.16. The Labute approximate surface area is 72.1 Å². The van der Waals surface area contributed by atoms with Crippen molar-refractivity contribution in [1.29, 1.82) is 0 Å². The van der Waals surface area contributed by atoms with Crippen molar-refractivity contribution >= 4 is 0 Å². The van der Waals surface area contributed by atoms with Gasteiger partial charge in [-0.2, -0.15) is 4.98 Å². The zero-order valence-electron chi connectivity index (χ0n) is 7.74. The van der Waals surface area contributed by atoms with E-state index >= 15 is 0 Å². The Morgan fingerprint density at radius 1 is 1.50 bits per heavy atom. The van der Waals surface area contributed by atoms with Crippen LogP contribution in [0.1, 0.15) is 38.5 Å². The molecule has 0 aliphatic rings. The van der Waals surface area contributed by atoms with Crippen LogP contribution in [0.25, 0.3) is 0 Å². The second-order valence-corrected chi connectivity index (χ2v) is 3.17. The van der Waals surface area contributed by atoms with Crippen LogP contribution in [0.3, 0.4) is 0 Å². The van der Waals surface area contributed by atoms with Crippen LogP contribution in [0.4, 0.5) is 0 Å².